The van der Waals surface area contributed by atoms with Gasteiger partial charge in [0.25, 0.3) is 0 Å². The monoisotopic (exact) mass is 351 g/mol. The minimum absolute atomic E-state index is 0.0102. The second-order valence-corrected chi connectivity index (χ2v) is 5.10. The molecule has 8 heteroatoms. The molecule has 3 rings (SSSR count). The lowest BCUT2D eigenvalue weighted by Crippen LogP contribution is -2.01. The molecule has 1 aromatic heterocycles. The third-order valence-electron chi connectivity index (χ3n) is 2.87. The Morgan fingerprint density at radius 2 is 1.86 bits per heavy atom. The molecule has 0 fully saturated rings. The van der Waals surface area contributed by atoms with Crippen LogP contribution in [0.25, 0.3) is 17.1 Å². The van der Waals surface area contributed by atoms with Gasteiger partial charge in [-0.15, -0.1) is 5.10 Å². The van der Waals surface area contributed by atoms with Crippen molar-refractivity contribution in [3.63, 3.8) is 0 Å². The first kappa shape index (κ1) is 13.6. The van der Waals surface area contributed by atoms with E-state index in [1.807, 2.05) is 0 Å². The van der Waals surface area contributed by atoms with Gasteiger partial charge < -0.3 is 5.73 Å². The smallest absolute Gasteiger partial charge is 0.187 e. The molecular formula is C13H8BrF2N5. The number of tetrazole rings is 1. The van der Waals surface area contributed by atoms with Crippen LogP contribution in [0.15, 0.2) is 40.9 Å². The molecule has 0 bridgehead atoms. The topological polar surface area (TPSA) is 69.6 Å². The number of benzene rings is 2. The molecule has 0 atom stereocenters. The van der Waals surface area contributed by atoms with Gasteiger partial charge in [-0.05, 0) is 56.7 Å². The van der Waals surface area contributed by atoms with Gasteiger partial charge in [0.2, 0.25) is 0 Å². The summed E-state index contributed by atoms with van der Waals surface area (Å²) in [4.78, 5) is 0. The molecule has 2 aromatic carbocycles. The first-order valence-electron chi connectivity index (χ1n) is 5.85. The van der Waals surface area contributed by atoms with Gasteiger partial charge >= 0.3 is 0 Å². The van der Waals surface area contributed by atoms with Gasteiger partial charge in [0.15, 0.2) is 5.82 Å². The van der Waals surface area contributed by atoms with Gasteiger partial charge in [0, 0.05) is 11.6 Å². The Bertz CT molecular complexity index is 752. The van der Waals surface area contributed by atoms with E-state index in [1.165, 1.54) is 28.9 Å². The van der Waals surface area contributed by atoms with Crippen molar-refractivity contribution in [3.05, 3.63) is 52.5 Å². The largest absolute Gasteiger partial charge is 0.396 e. The fourth-order valence-corrected chi connectivity index (χ4v) is 2.09. The Morgan fingerprint density at radius 1 is 1.05 bits per heavy atom. The second kappa shape index (κ2) is 5.21. The maximum atomic E-state index is 13.6. The van der Waals surface area contributed by atoms with Crippen LogP contribution in [0.2, 0.25) is 0 Å². The van der Waals surface area contributed by atoms with Crippen LogP contribution in [0.1, 0.15) is 0 Å². The minimum atomic E-state index is -0.521. The second-order valence-electron chi connectivity index (χ2n) is 4.25. The van der Waals surface area contributed by atoms with Crippen LogP contribution in [0.5, 0.6) is 0 Å². The number of hydrogen-bond donors (Lipinski definition) is 1. The highest BCUT2D eigenvalue weighted by Crippen LogP contribution is 2.24. The highest BCUT2D eigenvalue weighted by molar-refractivity contribution is 9.10. The van der Waals surface area contributed by atoms with E-state index < -0.39 is 11.6 Å². The van der Waals surface area contributed by atoms with Crippen LogP contribution in [-0.4, -0.2) is 20.2 Å². The third kappa shape index (κ3) is 2.49. The summed E-state index contributed by atoms with van der Waals surface area (Å²) >= 11 is 3.08. The quantitative estimate of drug-likeness (QED) is 0.720. The number of hydrogen-bond acceptors (Lipinski definition) is 4. The van der Waals surface area contributed by atoms with Gasteiger partial charge in [0.1, 0.15) is 11.6 Å². The molecule has 21 heavy (non-hydrogen) atoms. The van der Waals surface area contributed by atoms with E-state index in [0.717, 1.165) is 0 Å². The summed E-state index contributed by atoms with van der Waals surface area (Å²) in [7, 11) is 0. The maximum Gasteiger partial charge on any atom is 0.187 e. The van der Waals surface area contributed by atoms with Gasteiger partial charge in [-0.2, -0.15) is 4.68 Å². The Labute approximate surface area is 126 Å². The summed E-state index contributed by atoms with van der Waals surface area (Å²) in [6.07, 6.45) is 0. The molecule has 0 saturated heterocycles. The number of aromatic nitrogens is 4. The molecule has 5 nitrogen and oxygen atoms in total. The van der Waals surface area contributed by atoms with Crippen molar-refractivity contribution < 1.29 is 8.78 Å². The van der Waals surface area contributed by atoms with Crippen LogP contribution >= 0.6 is 15.9 Å². The van der Waals surface area contributed by atoms with Crippen LogP contribution in [-0.2, 0) is 0 Å². The lowest BCUT2D eigenvalue weighted by molar-refractivity contribution is 0.618. The van der Waals surface area contributed by atoms with E-state index in [2.05, 4.69) is 31.5 Å². The summed E-state index contributed by atoms with van der Waals surface area (Å²) < 4.78 is 28.5. The molecule has 0 unspecified atom stereocenters. The van der Waals surface area contributed by atoms with Crippen LogP contribution in [0.4, 0.5) is 14.5 Å². The lowest BCUT2D eigenvalue weighted by Gasteiger charge is -2.06. The number of halogens is 3. The van der Waals surface area contributed by atoms with Crippen LogP contribution < -0.4 is 5.73 Å². The van der Waals surface area contributed by atoms with Crippen molar-refractivity contribution in [1.82, 2.24) is 20.2 Å². The predicted octanol–water partition coefficient (Wildman–Crippen LogP) is 2.95. The highest BCUT2D eigenvalue weighted by atomic mass is 79.9. The zero-order valence-corrected chi connectivity index (χ0v) is 12.1. The molecule has 2 N–H and O–H groups in total. The predicted molar refractivity (Wildman–Crippen MR) is 76.6 cm³/mol. The third-order valence-corrected chi connectivity index (χ3v) is 3.51. The van der Waals surface area contributed by atoms with Crippen LogP contribution in [0.3, 0.4) is 0 Å². The molecule has 1 heterocycles. The highest BCUT2D eigenvalue weighted by Gasteiger charge is 2.13. The fraction of sp³-hybridized carbons (Fsp3) is 0. The van der Waals surface area contributed by atoms with E-state index in [-0.39, 0.29) is 5.69 Å². The standard InChI is InChI=1S/C13H8BrF2N5/c14-9-3-2-8(6-11(9)16)21-13(18-19-20-21)7-1-4-10(15)12(17)5-7/h1-6H,17H2. The Kier molecular flexibility index (Phi) is 3.38. The molecule has 3 aromatic rings. The fourth-order valence-electron chi connectivity index (χ4n) is 1.84. The molecular weight excluding hydrogens is 344 g/mol. The molecule has 0 aliphatic carbocycles. The average Bonchev–Trinajstić information content (AvgIpc) is 2.94. The molecule has 0 amide bonds. The zero-order valence-electron chi connectivity index (χ0n) is 10.5. The molecule has 0 radical (unpaired) electrons. The van der Waals surface area contributed by atoms with Crippen molar-refractivity contribution in [2.24, 2.45) is 0 Å². The van der Waals surface area contributed by atoms with E-state index in [0.29, 0.717) is 21.5 Å². The summed E-state index contributed by atoms with van der Waals surface area (Å²) in [5.41, 5.74) is 6.50. The number of nitrogen functional groups attached to an aromatic ring is 1. The number of anilines is 1. The normalized spacial score (nSPS) is 10.8. The SMILES string of the molecule is Nc1cc(-c2nnnn2-c2ccc(Br)c(F)c2)ccc1F. The minimum Gasteiger partial charge on any atom is -0.396 e. The molecule has 0 aliphatic rings. The maximum absolute atomic E-state index is 13.6. The lowest BCUT2D eigenvalue weighted by atomic mass is 10.2. The molecule has 0 saturated carbocycles. The van der Waals surface area contributed by atoms with Crippen molar-refractivity contribution in [2.75, 3.05) is 5.73 Å². The average molecular weight is 352 g/mol. The summed E-state index contributed by atoms with van der Waals surface area (Å²) in [6, 6.07) is 8.65. The van der Waals surface area contributed by atoms with E-state index >= 15 is 0 Å². The molecule has 106 valence electrons. The van der Waals surface area contributed by atoms with Crippen molar-refractivity contribution in [3.8, 4) is 17.1 Å². The van der Waals surface area contributed by atoms with Gasteiger partial charge in [-0.25, -0.2) is 8.78 Å². The van der Waals surface area contributed by atoms with E-state index in [4.69, 9.17) is 5.73 Å². The first-order valence-corrected chi connectivity index (χ1v) is 6.65. The van der Waals surface area contributed by atoms with E-state index in [9.17, 15) is 8.78 Å². The number of nitrogens with zero attached hydrogens (tertiary/aromatic N) is 4. The molecule has 0 aliphatic heterocycles. The van der Waals surface area contributed by atoms with Crippen molar-refractivity contribution >= 4 is 21.6 Å². The summed E-state index contributed by atoms with van der Waals surface area (Å²) in [6.45, 7) is 0. The van der Waals surface area contributed by atoms with Crippen molar-refractivity contribution in [2.45, 2.75) is 0 Å². The zero-order chi connectivity index (χ0) is 15.0. The van der Waals surface area contributed by atoms with Crippen molar-refractivity contribution in [1.29, 1.82) is 0 Å². The summed E-state index contributed by atoms with van der Waals surface area (Å²) in [5, 5.41) is 11.3. The van der Waals surface area contributed by atoms with Gasteiger partial charge in [-0.1, -0.05) is 0 Å². The molecule has 0 spiro atoms. The first-order chi connectivity index (χ1) is 10.1. The summed E-state index contributed by atoms with van der Waals surface area (Å²) in [5.74, 6) is -0.622. The van der Waals surface area contributed by atoms with Gasteiger partial charge in [-0.3, -0.25) is 0 Å². The van der Waals surface area contributed by atoms with Gasteiger partial charge in [0.05, 0.1) is 15.8 Å². The number of nitrogens with two attached hydrogens (primary N) is 1. The Morgan fingerprint density at radius 3 is 2.57 bits per heavy atom. The van der Waals surface area contributed by atoms with Crippen LogP contribution in [0, 0.1) is 11.6 Å². The van der Waals surface area contributed by atoms with E-state index in [1.54, 1.807) is 12.1 Å². The Balaban J connectivity index is 2.12. The Hall–Kier alpha value is -2.35. The number of rotatable bonds is 2.